The van der Waals surface area contributed by atoms with Gasteiger partial charge >= 0.3 is 5.97 Å². The number of ether oxygens (including phenoxy) is 3. The highest BCUT2D eigenvalue weighted by Crippen LogP contribution is 2.35. The third-order valence-corrected chi connectivity index (χ3v) is 9.17. The van der Waals surface area contributed by atoms with Gasteiger partial charge in [-0.2, -0.15) is 0 Å². The molecular formula is C24H25N3O8S2. The molecule has 0 radical (unpaired) electrons. The van der Waals surface area contributed by atoms with Gasteiger partial charge in [-0.15, -0.1) is 0 Å². The van der Waals surface area contributed by atoms with Crippen molar-refractivity contribution in [1.29, 1.82) is 0 Å². The topological polar surface area (TPSA) is 154 Å². The molecule has 37 heavy (non-hydrogen) atoms. The molecule has 1 unspecified atom stereocenters. The summed E-state index contributed by atoms with van der Waals surface area (Å²) in [5, 5.41) is 11.5. The van der Waals surface area contributed by atoms with Gasteiger partial charge in [-0.25, -0.2) is 23.2 Å². The van der Waals surface area contributed by atoms with E-state index in [9.17, 15) is 18.0 Å². The van der Waals surface area contributed by atoms with Crippen LogP contribution in [0.1, 0.15) is 37.4 Å². The summed E-state index contributed by atoms with van der Waals surface area (Å²) in [7, 11) is -3.35. The molecule has 1 aliphatic heterocycles. The van der Waals surface area contributed by atoms with Crippen LogP contribution in [0.15, 0.2) is 41.3 Å². The molecule has 13 heteroatoms. The lowest BCUT2D eigenvalue weighted by Crippen LogP contribution is -2.31. The number of benzene rings is 1. The number of amides is 1. The Bertz CT molecular complexity index is 1400. The first-order valence-corrected chi connectivity index (χ1v) is 14.2. The van der Waals surface area contributed by atoms with E-state index < -0.39 is 34.4 Å². The molecule has 2 aromatic heterocycles. The summed E-state index contributed by atoms with van der Waals surface area (Å²) in [6.45, 7) is 0.549. The molecule has 1 atom stereocenters. The number of hydrogen-bond acceptors (Lipinski definition) is 10. The molecule has 1 amide bonds. The number of anilines is 1. The molecule has 0 bridgehead atoms. The normalized spacial score (nSPS) is 17.4. The second-order valence-corrected chi connectivity index (χ2v) is 12.0. The van der Waals surface area contributed by atoms with Crippen LogP contribution in [0, 0.1) is 0 Å². The number of aliphatic carboxylic acids is 1. The highest BCUT2D eigenvalue weighted by molar-refractivity contribution is 7.92. The average molecular weight is 548 g/mol. The maximum Gasteiger partial charge on any atom is 0.341 e. The predicted molar refractivity (Wildman–Crippen MR) is 133 cm³/mol. The first kappa shape index (κ1) is 25.5. The SMILES string of the molecule is O=C(O)COc1ccc2nc(NC(=O)C(OC3CCOCC3)c3ccc(S(=O)(=O)C4CC4)cc3)sc2n1. The van der Waals surface area contributed by atoms with Crippen molar-refractivity contribution in [3.63, 3.8) is 0 Å². The second kappa shape index (κ2) is 10.7. The minimum absolute atomic E-state index is 0.137. The fourth-order valence-corrected chi connectivity index (χ4v) is 6.43. The second-order valence-electron chi connectivity index (χ2n) is 8.81. The number of aromatic nitrogens is 2. The van der Waals surface area contributed by atoms with Gasteiger partial charge in [-0.1, -0.05) is 23.5 Å². The molecule has 11 nitrogen and oxygen atoms in total. The van der Waals surface area contributed by atoms with E-state index in [1.807, 2.05) is 0 Å². The first-order chi connectivity index (χ1) is 17.8. The molecule has 2 N–H and O–H groups in total. The third-order valence-electron chi connectivity index (χ3n) is 6.01. The number of carboxylic acids is 1. The molecule has 2 fully saturated rings. The Kier molecular flexibility index (Phi) is 7.38. The van der Waals surface area contributed by atoms with E-state index in [0.717, 1.165) is 11.3 Å². The van der Waals surface area contributed by atoms with Crippen LogP contribution in [0.2, 0.25) is 0 Å². The minimum Gasteiger partial charge on any atom is -0.479 e. The third kappa shape index (κ3) is 6.06. The van der Waals surface area contributed by atoms with E-state index in [0.29, 0.717) is 54.8 Å². The van der Waals surface area contributed by atoms with E-state index in [1.54, 1.807) is 18.2 Å². The van der Waals surface area contributed by atoms with Crippen LogP contribution in [0.25, 0.3) is 10.3 Å². The van der Waals surface area contributed by atoms with Crippen LogP contribution >= 0.6 is 11.3 Å². The van der Waals surface area contributed by atoms with Gasteiger partial charge in [0.1, 0.15) is 10.3 Å². The zero-order chi connectivity index (χ0) is 26.0. The number of carboxylic acid groups (broad SMARTS) is 1. The number of sulfone groups is 1. The summed E-state index contributed by atoms with van der Waals surface area (Å²) >= 11 is 1.11. The molecule has 1 saturated carbocycles. The van der Waals surface area contributed by atoms with Crippen molar-refractivity contribution >= 4 is 48.5 Å². The molecule has 0 spiro atoms. The van der Waals surface area contributed by atoms with E-state index in [2.05, 4.69) is 15.3 Å². The predicted octanol–water partition coefficient (Wildman–Crippen LogP) is 2.97. The van der Waals surface area contributed by atoms with E-state index in [4.69, 9.17) is 19.3 Å². The van der Waals surface area contributed by atoms with E-state index in [1.165, 1.54) is 18.2 Å². The van der Waals surface area contributed by atoms with Crippen molar-refractivity contribution in [3.05, 3.63) is 42.0 Å². The molecule has 5 rings (SSSR count). The Balaban J connectivity index is 1.35. The minimum atomic E-state index is -3.35. The van der Waals surface area contributed by atoms with Crippen molar-refractivity contribution in [1.82, 2.24) is 9.97 Å². The lowest BCUT2D eigenvalue weighted by Gasteiger charge is -2.27. The van der Waals surface area contributed by atoms with Crippen molar-refractivity contribution < 1.29 is 37.3 Å². The van der Waals surface area contributed by atoms with Gasteiger partial charge in [0.25, 0.3) is 5.91 Å². The molecule has 1 aromatic carbocycles. The Morgan fingerprint density at radius 3 is 2.49 bits per heavy atom. The number of thiazole rings is 1. The van der Waals surface area contributed by atoms with Crippen LogP contribution in [0.4, 0.5) is 5.13 Å². The Labute approximate surface area is 216 Å². The van der Waals surface area contributed by atoms with Crippen LogP contribution in [0.5, 0.6) is 5.88 Å². The average Bonchev–Trinajstić information content (AvgIpc) is 3.68. The molecule has 3 heterocycles. The fraction of sp³-hybridized carbons (Fsp3) is 0.417. The highest BCUT2D eigenvalue weighted by atomic mass is 32.2. The van der Waals surface area contributed by atoms with Crippen molar-refractivity contribution in [2.75, 3.05) is 25.1 Å². The van der Waals surface area contributed by atoms with Crippen LogP contribution in [0.3, 0.4) is 0 Å². The van der Waals surface area contributed by atoms with Gasteiger partial charge in [0.05, 0.1) is 16.2 Å². The van der Waals surface area contributed by atoms with Gasteiger partial charge in [0.2, 0.25) is 5.88 Å². The molecule has 1 aliphatic carbocycles. The van der Waals surface area contributed by atoms with Crippen LogP contribution in [-0.4, -0.2) is 66.5 Å². The van der Waals surface area contributed by atoms with Crippen LogP contribution < -0.4 is 10.1 Å². The molecule has 196 valence electrons. The summed E-state index contributed by atoms with van der Waals surface area (Å²) in [6.07, 6.45) is 1.45. The zero-order valence-corrected chi connectivity index (χ0v) is 21.3. The van der Waals surface area contributed by atoms with E-state index >= 15 is 0 Å². The zero-order valence-electron chi connectivity index (χ0n) is 19.7. The summed E-state index contributed by atoms with van der Waals surface area (Å²) in [5.74, 6) is -1.43. The smallest absolute Gasteiger partial charge is 0.341 e. The highest BCUT2D eigenvalue weighted by Gasteiger charge is 2.37. The number of pyridine rings is 1. The maximum absolute atomic E-state index is 13.4. The maximum atomic E-state index is 13.4. The number of rotatable bonds is 10. The number of fused-ring (bicyclic) bond motifs is 1. The van der Waals surface area contributed by atoms with Crippen LogP contribution in [-0.2, 0) is 28.9 Å². The summed E-state index contributed by atoms with van der Waals surface area (Å²) in [5.41, 5.74) is 1.04. The Morgan fingerprint density at radius 2 is 1.81 bits per heavy atom. The number of nitrogens with zero attached hydrogens (tertiary/aromatic N) is 2. The molecule has 2 aliphatic rings. The van der Waals surface area contributed by atoms with E-state index in [-0.39, 0.29) is 27.3 Å². The summed E-state index contributed by atoms with van der Waals surface area (Å²) in [4.78, 5) is 33.4. The van der Waals surface area contributed by atoms with Gasteiger partial charge in [-0.3, -0.25) is 10.1 Å². The Hall–Kier alpha value is -3.13. The summed E-state index contributed by atoms with van der Waals surface area (Å²) < 4.78 is 41.8. The lowest BCUT2D eigenvalue weighted by atomic mass is 10.1. The molecule has 1 saturated heterocycles. The number of hydrogen-bond donors (Lipinski definition) is 2. The quantitative estimate of drug-likeness (QED) is 0.387. The largest absolute Gasteiger partial charge is 0.479 e. The monoisotopic (exact) mass is 547 g/mol. The van der Waals surface area contributed by atoms with Gasteiger partial charge in [-0.05, 0) is 49.4 Å². The van der Waals surface area contributed by atoms with Gasteiger partial charge in [0.15, 0.2) is 27.7 Å². The fourth-order valence-electron chi connectivity index (χ4n) is 3.94. The standard InChI is InChI=1S/C24H25N3O8S2/c28-20(29)13-34-19-8-7-18-23(26-19)36-24(25-18)27-22(30)21(35-15-9-11-33-12-10-15)14-1-3-16(4-2-14)37(31,32)17-5-6-17/h1-4,7-8,15,17,21H,5-6,9-13H2,(H,28,29)(H,25,27,30). The van der Waals surface area contributed by atoms with Crippen molar-refractivity contribution in [2.45, 2.75) is 48.0 Å². The number of carbonyl (C=O) groups excluding carboxylic acids is 1. The van der Waals surface area contributed by atoms with Crippen molar-refractivity contribution in [3.8, 4) is 5.88 Å². The lowest BCUT2D eigenvalue weighted by molar-refractivity contribution is -0.139. The molecule has 3 aromatic rings. The van der Waals surface area contributed by atoms with Gasteiger partial charge in [0, 0.05) is 19.3 Å². The Morgan fingerprint density at radius 1 is 1.08 bits per heavy atom. The number of nitrogens with one attached hydrogen (secondary N) is 1. The van der Waals surface area contributed by atoms with Crippen molar-refractivity contribution in [2.24, 2.45) is 0 Å². The van der Waals surface area contributed by atoms with Gasteiger partial charge < -0.3 is 19.3 Å². The first-order valence-electron chi connectivity index (χ1n) is 11.8. The number of carbonyl (C=O) groups is 2. The summed E-state index contributed by atoms with van der Waals surface area (Å²) in [6, 6.07) is 9.41. The molecular weight excluding hydrogens is 522 g/mol.